The molecule has 96 valence electrons. The zero-order chi connectivity index (χ0) is 13.6. The molecule has 0 aromatic carbocycles. The standard InChI is InChI=1S/C13H16N2O2S/c1-13(2,9-14)6-4-8-18-11-10(12(16)17)5-3-7-15-11/h3,5,7H,4,6,8H2,1-2H3,(H,16,17). The molecule has 1 aromatic heterocycles. The molecule has 5 heteroatoms. The van der Waals surface area contributed by atoms with Crippen molar-refractivity contribution in [3.63, 3.8) is 0 Å². The Kier molecular flexibility index (Phi) is 5.17. The number of pyridine rings is 1. The number of carbonyl (C=O) groups is 1. The smallest absolute Gasteiger partial charge is 0.338 e. The minimum Gasteiger partial charge on any atom is -0.478 e. The molecule has 4 nitrogen and oxygen atoms in total. The van der Waals surface area contributed by atoms with Gasteiger partial charge in [-0.1, -0.05) is 0 Å². The van der Waals surface area contributed by atoms with Crippen molar-refractivity contribution in [2.24, 2.45) is 5.41 Å². The number of aromatic nitrogens is 1. The first-order valence-corrected chi connectivity index (χ1v) is 6.67. The molecule has 1 rings (SSSR count). The normalized spacial score (nSPS) is 10.9. The molecule has 0 saturated heterocycles. The Morgan fingerprint density at radius 2 is 2.33 bits per heavy atom. The van der Waals surface area contributed by atoms with Gasteiger partial charge in [-0.25, -0.2) is 9.78 Å². The quantitative estimate of drug-likeness (QED) is 0.631. The van der Waals surface area contributed by atoms with E-state index >= 15 is 0 Å². The third-order valence-corrected chi connectivity index (χ3v) is 3.58. The van der Waals surface area contributed by atoms with Crippen LogP contribution in [0.5, 0.6) is 0 Å². The van der Waals surface area contributed by atoms with Gasteiger partial charge in [-0.2, -0.15) is 5.26 Å². The molecule has 0 atom stereocenters. The van der Waals surface area contributed by atoms with E-state index in [9.17, 15) is 4.79 Å². The zero-order valence-corrected chi connectivity index (χ0v) is 11.3. The van der Waals surface area contributed by atoms with Crippen LogP contribution in [0.15, 0.2) is 23.4 Å². The number of nitrogens with zero attached hydrogens (tertiary/aromatic N) is 2. The van der Waals surface area contributed by atoms with Gasteiger partial charge in [-0.05, 0) is 44.6 Å². The molecule has 0 bridgehead atoms. The summed E-state index contributed by atoms with van der Waals surface area (Å²) in [5, 5.41) is 18.4. The van der Waals surface area contributed by atoms with E-state index in [0.717, 1.165) is 18.6 Å². The van der Waals surface area contributed by atoms with E-state index in [4.69, 9.17) is 10.4 Å². The number of hydrogen-bond donors (Lipinski definition) is 1. The number of aromatic carboxylic acids is 1. The minimum absolute atomic E-state index is 0.238. The predicted octanol–water partition coefficient (Wildman–Crippen LogP) is 3.20. The van der Waals surface area contributed by atoms with Gasteiger partial charge in [-0.15, -0.1) is 11.8 Å². The summed E-state index contributed by atoms with van der Waals surface area (Å²) in [6.07, 6.45) is 3.25. The zero-order valence-electron chi connectivity index (χ0n) is 10.5. The van der Waals surface area contributed by atoms with Crippen molar-refractivity contribution in [2.75, 3.05) is 5.75 Å². The van der Waals surface area contributed by atoms with Crippen LogP contribution in [-0.2, 0) is 0 Å². The van der Waals surface area contributed by atoms with Gasteiger partial charge in [0.05, 0.1) is 17.0 Å². The van der Waals surface area contributed by atoms with Crippen LogP contribution >= 0.6 is 11.8 Å². The molecule has 0 unspecified atom stereocenters. The van der Waals surface area contributed by atoms with Gasteiger partial charge in [-0.3, -0.25) is 0 Å². The van der Waals surface area contributed by atoms with Crippen molar-refractivity contribution in [3.8, 4) is 6.07 Å². The lowest BCUT2D eigenvalue weighted by Gasteiger charge is -2.14. The highest BCUT2D eigenvalue weighted by Crippen LogP contribution is 2.25. The first kappa shape index (κ1) is 14.5. The number of nitriles is 1. The molecule has 0 spiro atoms. The fourth-order valence-corrected chi connectivity index (χ4v) is 2.34. The second-order valence-corrected chi connectivity index (χ2v) is 5.69. The maximum atomic E-state index is 11.0. The van der Waals surface area contributed by atoms with Crippen LogP contribution in [0.4, 0.5) is 0 Å². The van der Waals surface area contributed by atoms with E-state index in [1.165, 1.54) is 11.8 Å². The van der Waals surface area contributed by atoms with Gasteiger partial charge in [0.2, 0.25) is 0 Å². The Labute approximate surface area is 111 Å². The molecular formula is C13H16N2O2S. The average molecular weight is 264 g/mol. The summed E-state index contributed by atoms with van der Waals surface area (Å²) in [6, 6.07) is 5.42. The summed E-state index contributed by atoms with van der Waals surface area (Å²) < 4.78 is 0. The molecule has 18 heavy (non-hydrogen) atoms. The second kappa shape index (κ2) is 6.41. The maximum Gasteiger partial charge on any atom is 0.338 e. The molecule has 0 aliphatic carbocycles. The van der Waals surface area contributed by atoms with Crippen molar-refractivity contribution >= 4 is 17.7 Å². The Morgan fingerprint density at radius 1 is 1.61 bits per heavy atom. The van der Waals surface area contributed by atoms with Crippen LogP contribution in [0.25, 0.3) is 0 Å². The van der Waals surface area contributed by atoms with Gasteiger partial charge in [0.15, 0.2) is 0 Å². The van der Waals surface area contributed by atoms with Crippen LogP contribution in [0.1, 0.15) is 37.0 Å². The molecule has 0 aliphatic heterocycles. The Bertz CT molecular complexity index is 466. The topological polar surface area (TPSA) is 74.0 Å². The number of carboxylic acids is 1. The van der Waals surface area contributed by atoms with Crippen LogP contribution in [0, 0.1) is 16.7 Å². The van der Waals surface area contributed by atoms with E-state index in [0.29, 0.717) is 5.03 Å². The summed E-state index contributed by atoms with van der Waals surface area (Å²) in [5.74, 6) is -0.189. The molecule has 0 saturated carbocycles. The highest BCUT2D eigenvalue weighted by Gasteiger charge is 2.16. The van der Waals surface area contributed by atoms with Crippen molar-refractivity contribution in [1.29, 1.82) is 5.26 Å². The molecular weight excluding hydrogens is 248 g/mol. The van der Waals surface area contributed by atoms with E-state index in [2.05, 4.69) is 11.1 Å². The fourth-order valence-electron chi connectivity index (χ4n) is 1.41. The molecule has 1 aromatic rings. The molecule has 0 radical (unpaired) electrons. The van der Waals surface area contributed by atoms with Crippen molar-refractivity contribution < 1.29 is 9.90 Å². The third kappa shape index (κ3) is 4.38. The van der Waals surface area contributed by atoms with E-state index in [1.54, 1.807) is 18.3 Å². The highest BCUT2D eigenvalue weighted by atomic mass is 32.2. The van der Waals surface area contributed by atoms with Gasteiger partial charge in [0.1, 0.15) is 5.03 Å². The first-order valence-electron chi connectivity index (χ1n) is 5.68. The minimum atomic E-state index is -0.956. The largest absolute Gasteiger partial charge is 0.478 e. The summed E-state index contributed by atoms with van der Waals surface area (Å²) in [4.78, 5) is 15.0. The van der Waals surface area contributed by atoms with Crippen LogP contribution in [-0.4, -0.2) is 21.8 Å². The van der Waals surface area contributed by atoms with E-state index < -0.39 is 5.97 Å². The number of rotatable bonds is 6. The Morgan fingerprint density at radius 3 is 2.94 bits per heavy atom. The van der Waals surface area contributed by atoms with Crippen molar-refractivity contribution in [3.05, 3.63) is 23.9 Å². The van der Waals surface area contributed by atoms with Crippen molar-refractivity contribution in [1.82, 2.24) is 4.98 Å². The first-order chi connectivity index (χ1) is 8.46. The monoisotopic (exact) mass is 264 g/mol. The summed E-state index contributed by atoms with van der Waals surface area (Å²) in [7, 11) is 0. The predicted molar refractivity (Wildman–Crippen MR) is 70.5 cm³/mol. The van der Waals surface area contributed by atoms with Gasteiger partial charge >= 0.3 is 5.97 Å². The summed E-state index contributed by atoms with van der Waals surface area (Å²) in [6.45, 7) is 3.81. The summed E-state index contributed by atoms with van der Waals surface area (Å²) in [5.41, 5.74) is -0.0811. The fraction of sp³-hybridized carbons (Fsp3) is 0.462. The van der Waals surface area contributed by atoms with Gasteiger partial charge < -0.3 is 5.11 Å². The summed E-state index contributed by atoms with van der Waals surface area (Å²) >= 11 is 1.43. The number of hydrogen-bond acceptors (Lipinski definition) is 4. The lowest BCUT2D eigenvalue weighted by Crippen LogP contribution is -2.08. The highest BCUT2D eigenvalue weighted by molar-refractivity contribution is 7.99. The van der Waals surface area contributed by atoms with E-state index in [-0.39, 0.29) is 11.0 Å². The lowest BCUT2D eigenvalue weighted by atomic mass is 9.90. The molecule has 0 aliphatic rings. The molecule has 0 amide bonds. The Hall–Kier alpha value is -1.54. The maximum absolute atomic E-state index is 11.0. The van der Waals surface area contributed by atoms with Gasteiger partial charge in [0, 0.05) is 6.20 Å². The van der Waals surface area contributed by atoms with E-state index in [1.807, 2.05) is 13.8 Å². The Balaban J connectivity index is 2.50. The third-order valence-electron chi connectivity index (χ3n) is 2.49. The molecule has 1 heterocycles. The number of carboxylic acid groups (broad SMARTS) is 1. The van der Waals surface area contributed by atoms with Crippen LogP contribution in [0.2, 0.25) is 0 Å². The second-order valence-electron chi connectivity index (χ2n) is 4.61. The molecule has 1 N–H and O–H groups in total. The average Bonchev–Trinajstić information content (AvgIpc) is 2.35. The van der Waals surface area contributed by atoms with Crippen LogP contribution < -0.4 is 0 Å². The lowest BCUT2D eigenvalue weighted by molar-refractivity contribution is 0.0692. The number of thioether (sulfide) groups is 1. The van der Waals surface area contributed by atoms with Crippen LogP contribution in [0.3, 0.4) is 0 Å². The van der Waals surface area contributed by atoms with Gasteiger partial charge in [0.25, 0.3) is 0 Å². The SMILES string of the molecule is CC(C)(C#N)CCCSc1ncccc1C(=O)O. The molecule has 0 fully saturated rings. The van der Waals surface area contributed by atoms with Crippen molar-refractivity contribution in [2.45, 2.75) is 31.7 Å².